The van der Waals surface area contributed by atoms with Crippen molar-refractivity contribution < 1.29 is 4.74 Å². The normalized spacial score (nSPS) is 12.3. The van der Waals surface area contributed by atoms with Crippen LogP contribution in [0.2, 0.25) is 30.7 Å². The van der Waals surface area contributed by atoms with E-state index in [4.69, 9.17) is 16.3 Å². The number of halogens is 2. The lowest BCUT2D eigenvalue weighted by Crippen LogP contribution is -2.22. The van der Waals surface area contributed by atoms with E-state index in [1.165, 1.54) is 0 Å². The number of aromatic nitrogens is 3. The molecule has 0 amide bonds. The van der Waals surface area contributed by atoms with Crippen molar-refractivity contribution in [2.24, 2.45) is 0 Å². The fourth-order valence-corrected chi connectivity index (χ4v) is 3.58. The zero-order valence-corrected chi connectivity index (χ0v) is 15.2. The Morgan fingerprint density at radius 3 is 2.84 bits per heavy atom. The van der Waals surface area contributed by atoms with Crippen LogP contribution >= 0.6 is 34.2 Å². The van der Waals surface area contributed by atoms with Crippen molar-refractivity contribution in [3.8, 4) is 0 Å². The summed E-state index contributed by atoms with van der Waals surface area (Å²) in [6.45, 7) is 8.21. The number of rotatable bonds is 5. The first-order valence-corrected chi connectivity index (χ1v) is 11.3. The highest BCUT2D eigenvalue weighted by atomic mass is 127. The number of hydrogen-bond donors (Lipinski definition) is 0. The van der Waals surface area contributed by atoms with Crippen LogP contribution in [-0.4, -0.2) is 29.4 Å². The van der Waals surface area contributed by atoms with E-state index in [0.717, 1.165) is 27.4 Å². The van der Waals surface area contributed by atoms with Crippen LogP contribution in [-0.2, 0) is 11.5 Å². The predicted octanol–water partition coefficient (Wildman–Crippen LogP) is 4.00. The zero-order chi connectivity index (χ0) is 14.0. The number of hydrogen-bond acceptors (Lipinski definition) is 3. The average Bonchev–Trinajstić information content (AvgIpc) is 2.62. The third-order valence-corrected chi connectivity index (χ3v) is 5.52. The minimum atomic E-state index is -1.05. The molecule has 0 saturated heterocycles. The molecule has 0 radical (unpaired) electrons. The summed E-state index contributed by atoms with van der Waals surface area (Å²) in [7, 11) is -1.05. The van der Waals surface area contributed by atoms with Gasteiger partial charge in [0.25, 0.3) is 0 Å². The molecule has 0 aromatic carbocycles. The molecular weight excluding hydrogens is 393 g/mol. The van der Waals surface area contributed by atoms with E-state index in [1.807, 2.05) is 0 Å². The first-order chi connectivity index (χ1) is 8.88. The Bertz CT molecular complexity index is 582. The maximum Gasteiger partial charge on any atom is 0.162 e. The van der Waals surface area contributed by atoms with Gasteiger partial charge in [-0.05, 0) is 34.7 Å². The highest BCUT2D eigenvalue weighted by Gasteiger charge is 2.14. The standard InChI is InChI=1S/C12H17ClIN3OSi/c1-19(2,3)7-6-18-8-17-12-10(11(14)16-17)9(13)4-5-15-12/h4-5H,6-8H2,1-3H3. The SMILES string of the molecule is C[Si](C)(C)CCOCn1nc(I)c2c(Cl)ccnc21. The largest absolute Gasteiger partial charge is 0.359 e. The van der Waals surface area contributed by atoms with Crippen LogP contribution < -0.4 is 0 Å². The molecule has 0 aliphatic rings. The van der Waals surface area contributed by atoms with Gasteiger partial charge in [-0.1, -0.05) is 31.2 Å². The first-order valence-electron chi connectivity index (χ1n) is 6.13. The summed E-state index contributed by atoms with van der Waals surface area (Å²) in [4.78, 5) is 4.33. The summed E-state index contributed by atoms with van der Waals surface area (Å²) in [5, 5.41) is 6.01. The summed E-state index contributed by atoms with van der Waals surface area (Å²) in [5.74, 6) is 0. The van der Waals surface area contributed by atoms with Crippen LogP contribution in [0.5, 0.6) is 0 Å². The average molecular weight is 410 g/mol. The molecule has 0 aliphatic carbocycles. The van der Waals surface area contributed by atoms with E-state index < -0.39 is 8.07 Å². The molecule has 7 heteroatoms. The van der Waals surface area contributed by atoms with Gasteiger partial charge in [0.2, 0.25) is 0 Å². The lowest BCUT2D eigenvalue weighted by atomic mass is 10.3. The van der Waals surface area contributed by atoms with Gasteiger partial charge in [-0.25, -0.2) is 9.67 Å². The van der Waals surface area contributed by atoms with Crippen molar-refractivity contribution in [3.63, 3.8) is 0 Å². The van der Waals surface area contributed by atoms with Gasteiger partial charge < -0.3 is 4.74 Å². The topological polar surface area (TPSA) is 39.9 Å². The van der Waals surface area contributed by atoms with E-state index in [-0.39, 0.29) is 0 Å². The van der Waals surface area contributed by atoms with Crippen LogP contribution in [0.25, 0.3) is 11.0 Å². The third kappa shape index (κ3) is 3.90. The second kappa shape index (κ2) is 6.07. The molecule has 0 fully saturated rings. The van der Waals surface area contributed by atoms with Crippen molar-refractivity contribution in [2.75, 3.05) is 6.61 Å². The molecule has 0 N–H and O–H groups in total. The van der Waals surface area contributed by atoms with Crippen molar-refractivity contribution in [1.29, 1.82) is 0 Å². The Hall–Kier alpha value is -0.183. The van der Waals surface area contributed by atoms with Crippen LogP contribution in [0.15, 0.2) is 12.3 Å². The lowest BCUT2D eigenvalue weighted by molar-refractivity contribution is 0.0810. The van der Waals surface area contributed by atoms with E-state index in [2.05, 4.69) is 52.3 Å². The van der Waals surface area contributed by atoms with Gasteiger partial charge in [0.15, 0.2) is 5.65 Å². The predicted molar refractivity (Wildman–Crippen MR) is 89.4 cm³/mol. The summed E-state index contributed by atoms with van der Waals surface area (Å²) < 4.78 is 8.34. The Kier molecular flexibility index (Phi) is 4.86. The molecule has 4 nitrogen and oxygen atoms in total. The maximum atomic E-state index is 6.16. The van der Waals surface area contributed by atoms with Gasteiger partial charge in [-0.2, -0.15) is 5.10 Å². The summed E-state index contributed by atoms with van der Waals surface area (Å²) >= 11 is 8.34. The lowest BCUT2D eigenvalue weighted by Gasteiger charge is -2.15. The fraction of sp³-hybridized carbons (Fsp3) is 0.500. The van der Waals surface area contributed by atoms with E-state index in [0.29, 0.717) is 11.8 Å². The Morgan fingerprint density at radius 1 is 1.42 bits per heavy atom. The van der Waals surface area contributed by atoms with Crippen molar-refractivity contribution in [1.82, 2.24) is 14.8 Å². The van der Waals surface area contributed by atoms with Gasteiger partial charge in [-0.3, -0.25) is 0 Å². The molecule has 2 aromatic rings. The second-order valence-corrected chi connectivity index (χ2v) is 12.7. The minimum absolute atomic E-state index is 0.428. The van der Waals surface area contributed by atoms with Crippen LogP contribution in [0.3, 0.4) is 0 Å². The summed E-state index contributed by atoms with van der Waals surface area (Å²) in [6.07, 6.45) is 1.70. The number of pyridine rings is 1. The van der Waals surface area contributed by atoms with Crippen molar-refractivity contribution >= 4 is 53.3 Å². The van der Waals surface area contributed by atoms with Gasteiger partial charge in [0, 0.05) is 20.9 Å². The van der Waals surface area contributed by atoms with E-state index >= 15 is 0 Å². The smallest absolute Gasteiger partial charge is 0.162 e. The van der Waals surface area contributed by atoms with Crippen molar-refractivity contribution in [3.05, 3.63) is 21.0 Å². The molecule has 0 saturated carbocycles. The molecule has 2 rings (SSSR count). The number of ether oxygens (including phenoxy) is 1. The summed E-state index contributed by atoms with van der Waals surface area (Å²) in [6, 6.07) is 2.93. The first kappa shape index (κ1) is 15.2. The molecule has 0 atom stereocenters. The Labute approximate surface area is 132 Å². The molecule has 0 aliphatic heterocycles. The van der Waals surface area contributed by atoms with Gasteiger partial charge in [-0.15, -0.1) is 0 Å². The number of nitrogens with zero attached hydrogens (tertiary/aromatic N) is 3. The second-order valence-electron chi connectivity index (χ2n) is 5.63. The molecule has 0 unspecified atom stereocenters. The number of fused-ring (bicyclic) bond motifs is 1. The minimum Gasteiger partial charge on any atom is -0.359 e. The molecule has 19 heavy (non-hydrogen) atoms. The fourth-order valence-electron chi connectivity index (χ4n) is 1.64. The molecular formula is C12H17ClIN3OSi. The van der Waals surface area contributed by atoms with Gasteiger partial charge in [0.1, 0.15) is 10.4 Å². The van der Waals surface area contributed by atoms with Crippen LogP contribution in [0, 0.1) is 3.70 Å². The van der Waals surface area contributed by atoms with Gasteiger partial charge >= 0.3 is 0 Å². The molecule has 2 aromatic heterocycles. The Balaban J connectivity index is 2.08. The highest BCUT2D eigenvalue weighted by Crippen LogP contribution is 2.26. The van der Waals surface area contributed by atoms with Crippen LogP contribution in [0.1, 0.15) is 0 Å². The van der Waals surface area contributed by atoms with Crippen molar-refractivity contribution in [2.45, 2.75) is 32.4 Å². The zero-order valence-electron chi connectivity index (χ0n) is 11.3. The monoisotopic (exact) mass is 409 g/mol. The van der Waals surface area contributed by atoms with E-state index in [9.17, 15) is 0 Å². The van der Waals surface area contributed by atoms with E-state index in [1.54, 1.807) is 16.9 Å². The highest BCUT2D eigenvalue weighted by molar-refractivity contribution is 14.1. The maximum absolute atomic E-state index is 6.16. The van der Waals surface area contributed by atoms with Crippen LogP contribution in [0.4, 0.5) is 0 Å². The Morgan fingerprint density at radius 2 is 2.16 bits per heavy atom. The van der Waals surface area contributed by atoms with Gasteiger partial charge in [0.05, 0.1) is 10.4 Å². The third-order valence-electron chi connectivity index (χ3n) is 2.75. The quantitative estimate of drug-likeness (QED) is 0.426. The molecule has 2 heterocycles. The summed E-state index contributed by atoms with van der Waals surface area (Å²) in [5.41, 5.74) is 0.782. The molecule has 0 spiro atoms. The molecule has 0 bridgehead atoms. The molecule has 104 valence electrons.